The number of hydrogen-bond acceptors (Lipinski definition) is 1. The molecule has 1 heterocycles. The molecule has 0 N–H and O–H groups in total. The van der Waals surface area contributed by atoms with Gasteiger partial charge in [-0.2, -0.15) is 0 Å². The van der Waals surface area contributed by atoms with Gasteiger partial charge < -0.3 is 0 Å². The van der Waals surface area contributed by atoms with Crippen LogP contribution in [0.3, 0.4) is 0 Å². The van der Waals surface area contributed by atoms with Crippen molar-refractivity contribution in [2.45, 2.75) is 53.4 Å². The molecule has 0 fully saturated rings. The van der Waals surface area contributed by atoms with Crippen LogP contribution in [0.15, 0.2) is 18.2 Å². The zero-order chi connectivity index (χ0) is 11.1. The Hall–Kier alpha value is -0.850. The average molecular weight is 193 g/mol. The first-order valence-corrected chi connectivity index (χ1v) is 5.58. The van der Waals surface area contributed by atoms with Gasteiger partial charge in [-0.3, -0.25) is 4.98 Å². The van der Waals surface area contributed by atoms with Crippen molar-refractivity contribution in [3.8, 4) is 0 Å². The van der Waals surface area contributed by atoms with E-state index in [0.717, 1.165) is 0 Å². The number of pyridine rings is 1. The van der Waals surface area contributed by atoms with Gasteiger partial charge in [0.15, 0.2) is 0 Å². The normalized spacial score (nSPS) is 10.0. The number of hydrogen-bond donors (Lipinski definition) is 0. The van der Waals surface area contributed by atoms with Gasteiger partial charge in [-0.05, 0) is 24.0 Å². The van der Waals surface area contributed by atoms with E-state index in [2.05, 4.69) is 50.9 Å². The second-order valence-corrected chi connectivity index (χ2v) is 3.80. The Bertz CT molecular complexity index is 228. The lowest BCUT2D eigenvalue weighted by atomic mass is 10.1. The fourth-order valence-electron chi connectivity index (χ4n) is 1.11. The molecule has 0 spiro atoms. The van der Waals surface area contributed by atoms with Gasteiger partial charge in [-0.1, -0.05) is 47.6 Å². The minimum Gasteiger partial charge on any atom is -0.257 e. The van der Waals surface area contributed by atoms with Crippen LogP contribution in [-0.2, 0) is 0 Å². The van der Waals surface area contributed by atoms with Gasteiger partial charge >= 0.3 is 0 Å². The highest BCUT2D eigenvalue weighted by atomic mass is 14.7. The lowest BCUT2D eigenvalue weighted by Gasteiger charge is -2.08. The molecule has 1 heteroatoms. The molecule has 1 rings (SSSR count). The zero-order valence-corrected chi connectivity index (χ0v) is 10.3. The van der Waals surface area contributed by atoms with E-state index in [9.17, 15) is 0 Å². The van der Waals surface area contributed by atoms with Crippen LogP contribution >= 0.6 is 0 Å². The molecule has 0 bridgehead atoms. The number of nitrogens with zero attached hydrogens (tertiary/aromatic N) is 1. The van der Waals surface area contributed by atoms with Crippen LogP contribution in [-0.4, -0.2) is 4.98 Å². The van der Waals surface area contributed by atoms with Gasteiger partial charge in [0.2, 0.25) is 0 Å². The molecule has 14 heavy (non-hydrogen) atoms. The summed E-state index contributed by atoms with van der Waals surface area (Å²) in [6.45, 7) is 12.7. The second-order valence-electron chi connectivity index (χ2n) is 3.80. The van der Waals surface area contributed by atoms with Crippen LogP contribution in [0.5, 0.6) is 0 Å². The van der Waals surface area contributed by atoms with E-state index in [4.69, 9.17) is 0 Å². The molecule has 80 valence electrons. The Balaban J connectivity index is 0.000000791. The van der Waals surface area contributed by atoms with Crippen LogP contribution in [0.2, 0.25) is 0 Å². The molecule has 1 aromatic rings. The van der Waals surface area contributed by atoms with Crippen molar-refractivity contribution >= 4 is 0 Å². The van der Waals surface area contributed by atoms with E-state index < -0.39 is 0 Å². The first-order chi connectivity index (χ1) is 6.61. The van der Waals surface area contributed by atoms with Gasteiger partial charge in [0, 0.05) is 11.4 Å². The summed E-state index contributed by atoms with van der Waals surface area (Å²) in [6, 6.07) is 6.28. The predicted octanol–water partition coefficient (Wildman–Crippen LogP) is 4.35. The van der Waals surface area contributed by atoms with E-state index in [0.29, 0.717) is 11.8 Å². The molecule has 1 nitrogen and oxygen atoms in total. The zero-order valence-electron chi connectivity index (χ0n) is 10.3. The SMILES string of the molecule is CC.CC(C)c1cccc(C(C)C)n1. The Morgan fingerprint density at radius 2 is 1.21 bits per heavy atom. The quantitative estimate of drug-likeness (QED) is 0.680. The molecule has 0 unspecified atom stereocenters. The summed E-state index contributed by atoms with van der Waals surface area (Å²) in [7, 11) is 0. The van der Waals surface area contributed by atoms with Crippen LogP contribution in [0.25, 0.3) is 0 Å². The van der Waals surface area contributed by atoms with E-state index in [1.807, 2.05) is 13.8 Å². The third-order valence-electron chi connectivity index (χ3n) is 1.98. The lowest BCUT2D eigenvalue weighted by molar-refractivity contribution is 0.765. The van der Waals surface area contributed by atoms with Crippen molar-refractivity contribution in [1.29, 1.82) is 0 Å². The fraction of sp³-hybridized carbons (Fsp3) is 0.615. The Labute approximate surface area is 88.6 Å². The molecule has 1 aromatic heterocycles. The molecule has 0 amide bonds. The maximum atomic E-state index is 4.57. The second kappa shape index (κ2) is 6.58. The van der Waals surface area contributed by atoms with E-state index in [1.54, 1.807) is 0 Å². The Kier molecular flexibility index (Phi) is 6.18. The van der Waals surface area contributed by atoms with Crippen LogP contribution in [0.4, 0.5) is 0 Å². The largest absolute Gasteiger partial charge is 0.257 e. The smallest absolute Gasteiger partial charge is 0.0432 e. The number of rotatable bonds is 2. The minimum atomic E-state index is 0.531. The molecular weight excluding hydrogens is 170 g/mol. The van der Waals surface area contributed by atoms with Crippen LogP contribution in [0.1, 0.15) is 64.8 Å². The van der Waals surface area contributed by atoms with Gasteiger partial charge in [0.25, 0.3) is 0 Å². The summed E-state index contributed by atoms with van der Waals surface area (Å²) in [5.74, 6) is 1.06. The third kappa shape index (κ3) is 3.91. The van der Waals surface area contributed by atoms with E-state index in [-0.39, 0.29) is 0 Å². The van der Waals surface area contributed by atoms with Crippen molar-refractivity contribution in [1.82, 2.24) is 4.98 Å². The fourth-order valence-corrected chi connectivity index (χ4v) is 1.11. The topological polar surface area (TPSA) is 12.9 Å². The van der Waals surface area contributed by atoms with Crippen LogP contribution < -0.4 is 0 Å². The predicted molar refractivity (Wildman–Crippen MR) is 63.8 cm³/mol. The van der Waals surface area contributed by atoms with E-state index in [1.165, 1.54) is 11.4 Å². The Morgan fingerprint density at radius 1 is 0.857 bits per heavy atom. The summed E-state index contributed by atoms with van der Waals surface area (Å²) >= 11 is 0. The van der Waals surface area contributed by atoms with Gasteiger partial charge in [-0.15, -0.1) is 0 Å². The molecule has 0 aromatic carbocycles. The highest BCUT2D eigenvalue weighted by molar-refractivity contribution is 5.15. The van der Waals surface area contributed by atoms with Gasteiger partial charge in [0.1, 0.15) is 0 Å². The van der Waals surface area contributed by atoms with Crippen molar-refractivity contribution in [2.24, 2.45) is 0 Å². The highest BCUT2D eigenvalue weighted by Gasteiger charge is 2.03. The van der Waals surface area contributed by atoms with Crippen molar-refractivity contribution in [2.75, 3.05) is 0 Å². The van der Waals surface area contributed by atoms with Gasteiger partial charge in [0.05, 0.1) is 0 Å². The molecule has 0 aliphatic carbocycles. The van der Waals surface area contributed by atoms with Gasteiger partial charge in [-0.25, -0.2) is 0 Å². The summed E-state index contributed by atoms with van der Waals surface area (Å²) in [4.78, 5) is 4.57. The lowest BCUT2D eigenvalue weighted by Crippen LogP contribution is -1.98. The summed E-state index contributed by atoms with van der Waals surface area (Å²) < 4.78 is 0. The molecule has 0 aliphatic heterocycles. The average Bonchev–Trinajstić information content (AvgIpc) is 2.21. The standard InChI is InChI=1S/C11H17N.C2H6/c1-8(2)10-6-5-7-11(12-10)9(3)4;1-2/h5-9H,1-4H3;1-2H3. The monoisotopic (exact) mass is 193 g/mol. The van der Waals surface area contributed by atoms with E-state index >= 15 is 0 Å². The molecular formula is C13H23N. The summed E-state index contributed by atoms with van der Waals surface area (Å²) in [5, 5.41) is 0. The molecule has 0 saturated heterocycles. The maximum absolute atomic E-state index is 4.57. The van der Waals surface area contributed by atoms with Crippen molar-refractivity contribution in [3.05, 3.63) is 29.6 Å². The molecule has 0 saturated carbocycles. The molecule has 0 atom stereocenters. The summed E-state index contributed by atoms with van der Waals surface area (Å²) in [5.41, 5.74) is 2.39. The number of aromatic nitrogens is 1. The highest BCUT2D eigenvalue weighted by Crippen LogP contribution is 2.16. The first kappa shape index (κ1) is 13.2. The van der Waals surface area contributed by atoms with Crippen LogP contribution in [0, 0.1) is 0 Å². The minimum absolute atomic E-state index is 0.531. The molecule has 0 radical (unpaired) electrons. The van der Waals surface area contributed by atoms with Crippen molar-refractivity contribution < 1.29 is 0 Å². The third-order valence-corrected chi connectivity index (χ3v) is 1.98. The van der Waals surface area contributed by atoms with Crippen molar-refractivity contribution in [3.63, 3.8) is 0 Å². The Morgan fingerprint density at radius 3 is 1.50 bits per heavy atom. The molecule has 0 aliphatic rings. The first-order valence-electron chi connectivity index (χ1n) is 5.58. The summed E-state index contributed by atoms with van der Waals surface area (Å²) in [6.07, 6.45) is 0. The maximum Gasteiger partial charge on any atom is 0.0432 e.